The molecule has 0 aliphatic heterocycles. The molecule has 20 heavy (non-hydrogen) atoms. The van der Waals surface area contributed by atoms with Crippen LogP contribution in [0.5, 0.6) is 5.88 Å². The van der Waals surface area contributed by atoms with Crippen molar-refractivity contribution in [2.45, 2.75) is 19.3 Å². The number of hydrogen-bond donors (Lipinski definition) is 1. The minimum absolute atomic E-state index is 0.0297. The molecule has 0 bridgehead atoms. The van der Waals surface area contributed by atoms with Crippen molar-refractivity contribution in [3.63, 3.8) is 0 Å². The lowest BCUT2D eigenvalue weighted by atomic mass is 10.1. The van der Waals surface area contributed by atoms with Crippen molar-refractivity contribution in [2.24, 2.45) is 19.2 Å². The summed E-state index contributed by atoms with van der Waals surface area (Å²) in [4.78, 5) is 37.9. The van der Waals surface area contributed by atoms with E-state index in [-0.39, 0.29) is 13.0 Å². The van der Waals surface area contributed by atoms with E-state index >= 15 is 0 Å². The maximum absolute atomic E-state index is 11.9. The van der Waals surface area contributed by atoms with Crippen LogP contribution in [0.4, 0.5) is 0 Å². The fourth-order valence-corrected chi connectivity index (χ4v) is 1.72. The van der Waals surface area contributed by atoms with Gasteiger partial charge in [-0.05, 0) is 18.4 Å². The summed E-state index contributed by atoms with van der Waals surface area (Å²) in [5.41, 5.74) is 6.19. The number of nitrogens with zero attached hydrogens (tertiary/aromatic N) is 5. The number of Topliss-reactive ketones (excluding diaryl/α,β-unsaturated/α-hetero) is 1. The molecule has 0 spiro atoms. The third kappa shape index (κ3) is 3.07. The maximum Gasteiger partial charge on any atom is 0.333 e. The van der Waals surface area contributed by atoms with Gasteiger partial charge in [-0.3, -0.25) is 18.7 Å². The zero-order chi connectivity index (χ0) is 15.3. The molecule has 1 aromatic rings. The number of unbranched alkanes of at least 4 members (excludes halogenated alkanes) is 1. The first-order valence-electron chi connectivity index (χ1n) is 5.94. The van der Waals surface area contributed by atoms with Gasteiger partial charge in [-0.25, -0.2) is 4.79 Å². The fourth-order valence-electron chi connectivity index (χ4n) is 1.72. The lowest BCUT2D eigenvalue weighted by molar-refractivity contribution is 0.0973. The topological polar surface area (TPSA) is 130 Å². The second kappa shape index (κ2) is 6.58. The van der Waals surface area contributed by atoms with Gasteiger partial charge in [0.2, 0.25) is 5.88 Å². The van der Waals surface area contributed by atoms with Crippen LogP contribution in [0.3, 0.4) is 0 Å². The Morgan fingerprint density at radius 3 is 2.55 bits per heavy atom. The minimum Gasteiger partial charge on any atom is -0.494 e. The first-order chi connectivity index (χ1) is 9.41. The van der Waals surface area contributed by atoms with E-state index in [0.717, 1.165) is 9.13 Å². The molecular weight excluding hydrogens is 266 g/mol. The average molecular weight is 281 g/mol. The van der Waals surface area contributed by atoms with Gasteiger partial charge in [0.05, 0.1) is 0 Å². The van der Waals surface area contributed by atoms with E-state index in [1.165, 1.54) is 14.1 Å². The number of carbonyl (C=O) groups is 1. The summed E-state index contributed by atoms with van der Waals surface area (Å²) in [5, 5.41) is 13.1. The quantitative estimate of drug-likeness (QED) is 0.266. The number of aromatic nitrogens is 2. The van der Waals surface area contributed by atoms with Crippen LogP contribution in [0, 0.1) is 0 Å². The zero-order valence-electron chi connectivity index (χ0n) is 11.2. The molecule has 0 saturated carbocycles. The van der Waals surface area contributed by atoms with Crippen molar-refractivity contribution < 1.29 is 9.90 Å². The van der Waals surface area contributed by atoms with Crippen LogP contribution in [0.2, 0.25) is 0 Å². The first-order valence-corrected chi connectivity index (χ1v) is 5.94. The first kappa shape index (κ1) is 15.5. The molecule has 0 atom stereocenters. The standard InChI is InChI=1S/C11H15N5O4/c1-15-9(18)8(10(19)16(2)11(15)20)7(17)5-3-4-6-13-14-12/h18H,3-6H2,1-2H3. The molecule has 0 aliphatic carbocycles. The summed E-state index contributed by atoms with van der Waals surface area (Å²) in [6.45, 7) is 0.265. The van der Waals surface area contributed by atoms with Crippen molar-refractivity contribution >= 4 is 5.78 Å². The fraction of sp³-hybridized carbons (Fsp3) is 0.545. The second-order valence-corrected chi connectivity index (χ2v) is 4.24. The molecule has 0 aliphatic rings. The number of azide groups is 1. The van der Waals surface area contributed by atoms with E-state index in [0.29, 0.717) is 12.8 Å². The van der Waals surface area contributed by atoms with E-state index < -0.39 is 28.5 Å². The SMILES string of the molecule is Cn1c(O)c(C(=O)CCCCN=[N+]=[N-])c(=O)n(C)c1=O. The Labute approximate surface area is 113 Å². The number of ketones is 1. The number of hydrogen-bond acceptors (Lipinski definition) is 5. The van der Waals surface area contributed by atoms with Crippen LogP contribution < -0.4 is 11.2 Å². The third-order valence-electron chi connectivity index (χ3n) is 2.89. The summed E-state index contributed by atoms with van der Waals surface area (Å²) < 4.78 is 1.61. The molecule has 0 unspecified atom stereocenters. The van der Waals surface area contributed by atoms with Gasteiger partial charge in [-0.15, -0.1) is 0 Å². The van der Waals surface area contributed by atoms with E-state index in [9.17, 15) is 19.5 Å². The van der Waals surface area contributed by atoms with Crippen molar-refractivity contribution in [1.29, 1.82) is 0 Å². The molecule has 0 saturated heterocycles. The Hall–Kier alpha value is -2.54. The lowest BCUT2D eigenvalue weighted by Crippen LogP contribution is -2.39. The van der Waals surface area contributed by atoms with Crippen LogP contribution in [-0.4, -0.2) is 26.6 Å². The van der Waals surface area contributed by atoms with Crippen molar-refractivity contribution in [3.05, 3.63) is 36.8 Å². The Kier molecular flexibility index (Phi) is 5.10. The molecule has 0 aromatic carbocycles. The number of rotatable bonds is 6. The van der Waals surface area contributed by atoms with Crippen molar-refractivity contribution in [3.8, 4) is 5.88 Å². The maximum atomic E-state index is 11.9. The zero-order valence-corrected chi connectivity index (χ0v) is 11.2. The Morgan fingerprint density at radius 1 is 1.30 bits per heavy atom. The van der Waals surface area contributed by atoms with Crippen LogP contribution in [0.1, 0.15) is 29.6 Å². The van der Waals surface area contributed by atoms with Crippen molar-refractivity contribution in [1.82, 2.24) is 9.13 Å². The van der Waals surface area contributed by atoms with Crippen LogP contribution in [-0.2, 0) is 14.1 Å². The molecule has 1 rings (SSSR count). The summed E-state index contributed by atoms with van der Waals surface area (Å²) in [6.07, 6.45) is 0.952. The van der Waals surface area contributed by atoms with E-state index in [1.54, 1.807) is 0 Å². The van der Waals surface area contributed by atoms with Crippen LogP contribution >= 0.6 is 0 Å². The number of aromatic hydroxyl groups is 1. The summed E-state index contributed by atoms with van der Waals surface area (Å²) in [5.74, 6) is -1.17. The van der Waals surface area contributed by atoms with Gasteiger partial charge in [0.25, 0.3) is 5.56 Å². The summed E-state index contributed by atoms with van der Waals surface area (Å²) in [6, 6.07) is 0. The van der Waals surface area contributed by atoms with Gasteiger partial charge in [0, 0.05) is 32.0 Å². The summed E-state index contributed by atoms with van der Waals surface area (Å²) >= 11 is 0. The average Bonchev–Trinajstić information content (AvgIpc) is 2.43. The smallest absolute Gasteiger partial charge is 0.333 e. The van der Waals surface area contributed by atoms with Crippen molar-refractivity contribution in [2.75, 3.05) is 6.54 Å². The highest BCUT2D eigenvalue weighted by Crippen LogP contribution is 2.13. The second-order valence-electron chi connectivity index (χ2n) is 4.24. The highest BCUT2D eigenvalue weighted by atomic mass is 16.3. The van der Waals surface area contributed by atoms with Crippen LogP contribution in [0.15, 0.2) is 14.7 Å². The van der Waals surface area contributed by atoms with Gasteiger partial charge < -0.3 is 5.11 Å². The minimum atomic E-state index is -0.814. The predicted molar refractivity (Wildman–Crippen MR) is 70.8 cm³/mol. The van der Waals surface area contributed by atoms with E-state index in [4.69, 9.17) is 5.53 Å². The van der Waals surface area contributed by atoms with Gasteiger partial charge >= 0.3 is 5.69 Å². The normalized spacial score (nSPS) is 10.1. The number of carbonyl (C=O) groups excluding carboxylic acids is 1. The molecule has 9 nitrogen and oxygen atoms in total. The molecule has 0 fully saturated rings. The lowest BCUT2D eigenvalue weighted by Gasteiger charge is -2.09. The van der Waals surface area contributed by atoms with Crippen LogP contribution in [0.25, 0.3) is 10.4 Å². The molecule has 0 radical (unpaired) electrons. The highest BCUT2D eigenvalue weighted by molar-refractivity contribution is 5.97. The third-order valence-corrected chi connectivity index (χ3v) is 2.89. The summed E-state index contributed by atoms with van der Waals surface area (Å²) in [7, 11) is 2.51. The van der Waals surface area contributed by atoms with Gasteiger partial charge in [0.15, 0.2) is 5.78 Å². The molecule has 1 heterocycles. The molecule has 9 heteroatoms. The van der Waals surface area contributed by atoms with Gasteiger partial charge in [-0.2, -0.15) is 0 Å². The highest BCUT2D eigenvalue weighted by Gasteiger charge is 2.20. The van der Waals surface area contributed by atoms with Gasteiger partial charge in [-0.1, -0.05) is 5.11 Å². The monoisotopic (exact) mass is 281 g/mol. The molecular formula is C11H15N5O4. The Morgan fingerprint density at radius 2 is 1.95 bits per heavy atom. The van der Waals surface area contributed by atoms with E-state index in [1.807, 2.05) is 0 Å². The Balaban J connectivity index is 2.97. The Bertz CT molecular complexity index is 681. The molecule has 1 aromatic heterocycles. The largest absolute Gasteiger partial charge is 0.494 e. The molecule has 1 N–H and O–H groups in total. The molecule has 108 valence electrons. The van der Waals surface area contributed by atoms with Gasteiger partial charge in [0.1, 0.15) is 5.56 Å². The predicted octanol–water partition coefficient (Wildman–Crippen LogP) is 0.453. The van der Waals surface area contributed by atoms with E-state index in [2.05, 4.69) is 10.0 Å². The molecule has 0 amide bonds.